The highest BCUT2D eigenvalue weighted by Crippen LogP contribution is 2.44. The van der Waals surface area contributed by atoms with E-state index in [0.29, 0.717) is 31.6 Å². The summed E-state index contributed by atoms with van der Waals surface area (Å²) in [4.78, 5) is 56.2. The summed E-state index contributed by atoms with van der Waals surface area (Å²) in [5.41, 5.74) is 3.46. The summed E-state index contributed by atoms with van der Waals surface area (Å²) in [6.07, 6.45) is 1.36. The minimum atomic E-state index is -2.05. The Kier molecular flexibility index (Phi) is 14.9. The fourth-order valence-corrected chi connectivity index (χ4v) is 8.14. The second-order valence-corrected chi connectivity index (χ2v) is 18.2. The molecule has 302 valence electrons. The molecule has 0 saturated heterocycles. The van der Waals surface area contributed by atoms with E-state index in [2.05, 4.69) is 0 Å². The number of amides is 2. The summed E-state index contributed by atoms with van der Waals surface area (Å²) in [7, 11) is 0. The lowest BCUT2D eigenvalue weighted by atomic mass is 9.68. The predicted octanol–water partition coefficient (Wildman–Crippen LogP) is 7.84. The molecule has 55 heavy (non-hydrogen) atoms. The number of rotatable bonds is 17. The van der Waals surface area contributed by atoms with E-state index < -0.39 is 63.9 Å². The average Bonchev–Trinajstić information content (AvgIpc) is 3.46. The maximum absolute atomic E-state index is 15.1. The largest absolute Gasteiger partial charge is 0.481 e. The molecule has 1 heterocycles. The highest BCUT2D eigenvalue weighted by atomic mass is 32.2. The lowest BCUT2D eigenvalue weighted by Gasteiger charge is -2.53. The van der Waals surface area contributed by atoms with E-state index in [9.17, 15) is 33.8 Å². The molecule has 3 aromatic rings. The zero-order valence-electron chi connectivity index (χ0n) is 33.6. The van der Waals surface area contributed by atoms with Gasteiger partial charge in [-0.05, 0) is 74.4 Å². The molecule has 0 aliphatic carbocycles. The number of carboxylic acid groups (broad SMARTS) is 2. The quantitative estimate of drug-likeness (QED) is 0.117. The van der Waals surface area contributed by atoms with Gasteiger partial charge in [-0.2, -0.15) is 11.8 Å². The summed E-state index contributed by atoms with van der Waals surface area (Å²) in [6.45, 7) is 16.9. The van der Waals surface area contributed by atoms with Gasteiger partial charge in [-0.1, -0.05) is 71.9 Å². The molecule has 2 aromatic carbocycles. The van der Waals surface area contributed by atoms with Crippen LogP contribution in [-0.4, -0.2) is 84.0 Å². The first-order valence-electron chi connectivity index (χ1n) is 18.5. The molecule has 0 radical (unpaired) electrons. The summed E-state index contributed by atoms with van der Waals surface area (Å²) >= 11 is 1.22. The highest BCUT2D eigenvalue weighted by Gasteiger charge is 2.59. The topological polar surface area (TPSA) is 146 Å². The third-order valence-electron chi connectivity index (χ3n) is 9.69. The molecule has 2 amide bonds. The zero-order chi connectivity index (χ0) is 41.5. The van der Waals surface area contributed by atoms with Gasteiger partial charge >= 0.3 is 11.9 Å². The smallest absolute Gasteiger partial charge is 0.330 e. The normalized spacial score (nSPS) is 13.9. The van der Waals surface area contributed by atoms with Crippen molar-refractivity contribution in [3.05, 3.63) is 83.7 Å². The Labute approximate surface area is 328 Å². The molecule has 10 nitrogen and oxygen atoms in total. The number of carbonyl (C=O) groups is 4. The molecular weight excluding hydrogens is 727 g/mol. The number of nitrogens with zero attached hydrogens (tertiary/aromatic N) is 3. The Morgan fingerprint density at radius 3 is 2.05 bits per heavy atom. The van der Waals surface area contributed by atoms with Gasteiger partial charge in [0.2, 0.25) is 11.8 Å². The number of halogens is 2. The highest BCUT2D eigenvalue weighted by molar-refractivity contribution is 7.99. The van der Waals surface area contributed by atoms with Crippen LogP contribution in [0.15, 0.2) is 60.8 Å². The molecule has 13 heteroatoms. The number of thioether (sulfide) groups is 1. The van der Waals surface area contributed by atoms with Gasteiger partial charge in [-0.25, -0.2) is 13.6 Å². The number of hydrogen-bond acceptors (Lipinski definition) is 6. The van der Waals surface area contributed by atoms with Crippen molar-refractivity contribution in [3.8, 4) is 11.1 Å². The Morgan fingerprint density at radius 2 is 1.53 bits per heavy atom. The van der Waals surface area contributed by atoms with Gasteiger partial charge in [0.05, 0.1) is 18.2 Å². The van der Waals surface area contributed by atoms with Gasteiger partial charge in [0.15, 0.2) is 5.54 Å². The van der Waals surface area contributed by atoms with Gasteiger partial charge in [-0.3, -0.25) is 14.4 Å². The van der Waals surface area contributed by atoms with Crippen LogP contribution in [0.3, 0.4) is 0 Å². The summed E-state index contributed by atoms with van der Waals surface area (Å²) in [6, 6.07) is 14.3. The van der Waals surface area contributed by atoms with Crippen molar-refractivity contribution in [1.82, 2.24) is 14.4 Å². The first-order valence-corrected chi connectivity index (χ1v) is 19.7. The maximum atomic E-state index is 15.1. The average molecular weight is 785 g/mol. The van der Waals surface area contributed by atoms with Crippen LogP contribution in [0.1, 0.15) is 98.9 Å². The van der Waals surface area contributed by atoms with Crippen molar-refractivity contribution in [2.75, 3.05) is 24.6 Å². The van der Waals surface area contributed by atoms with Crippen LogP contribution in [-0.2, 0) is 25.7 Å². The SMILES string of the molecule is CC(C)(C)[C@H](c1cc(-c2cc(F)ccc2F)cn1Cc1ccccc1)N(CCCN)C(=O)CSCCC(=O)N(C(C)(C)C)[C@](CC(=O)O)(C(=O)O)C(C)(C)C. The van der Waals surface area contributed by atoms with Crippen molar-refractivity contribution in [3.63, 3.8) is 0 Å². The minimum absolute atomic E-state index is 0.0107. The Bertz CT molecular complexity index is 1810. The van der Waals surface area contributed by atoms with Crippen molar-refractivity contribution < 1.29 is 38.2 Å². The number of benzene rings is 2. The second-order valence-electron chi connectivity index (χ2n) is 17.1. The van der Waals surface area contributed by atoms with E-state index in [1.54, 1.807) is 52.6 Å². The Balaban J connectivity index is 1.99. The standard InChI is InChI=1S/C42H58F2N4O6S/c1-39(2,3)37(33-22-29(31-23-30(43)16-17-32(31)44)26-46(33)25-28-14-11-10-12-15-28)47(20-13-19-45)35(50)27-55-21-18-34(49)48(41(7,8)9)42(38(53)54,24-36(51)52)40(4,5)6/h10-12,14-17,22-23,26,37H,13,18-21,24-25,27,45H2,1-9H3,(H,51,52)(H,53,54)/t37-,42+/m0/s1. The molecular formula is C42H58F2N4O6S. The fourth-order valence-electron chi connectivity index (χ4n) is 7.34. The molecule has 0 spiro atoms. The van der Waals surface area contributed by atoms with Gasteiger partial charge in [0, 0.05) is 53.8 Å². The number of carboxylic acids is 2. The van der Waals surface area contributed by atoms with Crippen molar-refractivity contribution in [2.24, 2.45) is 16.6 Å². The van der Waals surface area contributed by atoms with E-state index in [1.165, 1.54) is 16.7 Å². The van der Waals surface area contributed by atoms with E-state index in [-0.39, 0.29) is 29.4 Å². The summed E-state index contributed by atoms with van der Waals surface area (Å²) in [5, 5.41) is 20.3. The number of hydrogen-bond donors (Lipinski definition) is 3. The molecule has 0 unspecified atom stereocenters. The van der Waals surface area contributed by atoms with Gasteiger partial charge in [0.1, 0.15) is 11.6 Å². The summed E-state index contributed by atoms with van der Waals surface area (Å²) < 4.78 is 31.5. The molecule has 0 bridgehead atoms. The lowest BCUT2D eigenvalue weighted by Crippen LogP contribution is -2.69. The van der Waals surface area contributed by atoms with E-state index >= 15 is 4.39 Å². The summed E-state index contributed by atoms with van der Waals surface area (Å²) in [5.74, 6) is -4.48. The third-order valence-corrected chi connectivity index (χ3v) is 10.6. The van der Waals surface area contributed by atoms with Crippen LogP contribution in [0.4, 0.5) is 8.78 Å². The lowest BCUT2D eigenvalue weighted by molar-refractivity contribution is -0.181. The molecule has 1 aromatic heterocycles. The van der Waals surface area contributed by atoms with Crippen molar-refractivity contribution >= 4 is 35.5 Å². The second kappa shape index (κ2) is 18.1. The van der Waals surface area contributed by atoms with Gasteiger partial charge in [-0.15, -0.1) is 0 Å². The van der Waals surface area contributed by atoms with Crippen LogP contribution in [0, 0.1) is 22.5 Å². The van der Waals surface area contributed by atoms with Crippen LogP contribution in [0.2, 0.25) is 0 Å². The van der Waals surface area contributed by atoms with Crippen LogP contribution >= 0.6 is 11.8 Å². The molecule has 0 aliphatic rings. The van der Waals surface area contributed by atoms with Crippen LogP contribution < -0.4 is 5.73 Å². The monoisotopic (exact) mass is 784 g/mol. The Hall–Kier alpha value is -4.23. The Morgan fingerprint density at radius 1 is 0.891 bits per heavy atom. The minimum Gasteiger partial charge on any atom is -0.481 e. The van der Waals surface area contributed by atoms with Gasteiger partial charge < -0.3 is 30.3 Å². The van der Waals surface area contributed by atoms with Gasteiger partial charge in [0.25, 0.3) is 0 Å². The van der Waals surface area contributed by atoms with E-state index in [4.69, 9.17) is 5.73 Å². The molecule has 3 rings (SSSR count). The predicted molar refractivity (Wildman–Crippen MR) is 214 cm³/mol. The zero-order valence-corrected chi connectivity index (χ0v) is 34.4. The first-order chi connectivity index (χ1) is 25.4. The van der Waals surface area contributed by atoms with Crippen molar-refractivity contribution in [2.45, 2.75) is 105 Å². The fraction of sp³-hybridized carbons (Fsp3) is 0.524. The number of nitrogens with two attached hydrogens (primary N) is 1. The molecule has 0 saturated carbocycles. The first kappa shape index (κ1) is 45.2. The van der Waals surface area contributed by atoms with Crippen LogP contribution in [0.25, 0.3) is 11.1 Å². The molecule has 4 N–H and O–H groups in total. The number of aromatic nitrogens is 1. The van der Waals surface area contributed by atoms with E-state index in [1.807, 2.05) is 61.7 Å². The third kappa shape index (κ3) is 11.0. The van der Waals surface area contributed by atoms with E-state index in [0.717, 1.165) is 29.5 Å². The maximum Gasteiger partial charge on any atom is 0.330 e. The van der Waals surface area contributed by atoms with Crippen molar-refractivity contribution in [1.29, 1.82) is 0 Å². The molecule has 0 fully saturated rings. The number of aliphatic carboxylic acids is 2. The molecule has 2 atom stereocenters. The van der Waals surface area contributed by atoms with Crippen LogP contribution in [0.5, 0.6) is 0 Å². The number of carbonyl (C=O) groups excluding carboxylic acids is 2. The molecule has 0 aliphatic heterocycles.